The molecule has 170 valence electrons. The first-order chi connectivity index (χ1) is 14.3. The van der Waals surface area contributed by atoms with E-state index >= 15 is 0 Å². The third kappa shape index (κ3) is 7.94. The highest BCUT2D eigenvalue weighted by Gasteiger charge is 2.46. The Bertz CT molecular complexity index is 687. The van der Waals surface area contributed by atoms with Crippen LogP contribution in [0.3, 0.4) is 0 Å². The quantitative estimate of drug-likeness (QED) is 0.0890. The van der Waals surface area contributed by atoms with E-state index in [0.717, 1.165) is 19.3 Å². The summed E-state index contributed by atoms with van der Waals surface area (Å²) in [5.41, 5.74) is -1.39. The summed E-state index contributed by atoms with van der Waals surface area (Å²) in [6.45, 7) is 6.02. The first kappa shape index (κ1) is 27.1. The number of rotatable bonds is 14. The van der Waals surface area contributed by atoms with E-state index in [4.69, 9.17) is 44.3 Å². The van der Waals surface area contributed by atoms with Gasteiger partial charge in [0.25, 0.3) is 0 Å². The van der Waals surface area contributed by atoms with Crippen molar-refractivity contribution in [1.82, 2.24) is 0 Å². The summed E-state index contributed by atoms with van der Waals surface area (Å²) in [6, 6.07) is 2.85. The summed E-state index contributed by atoms with van der Waals surface area (Å²) in [5.74, 6) is -1.25. The minimum absolute atomic E-state index is 0.0290. The molecule has 1 rings (SSSR count). The van der Waals surface area contributed by atoms with Gasteiger partial charge in [0.15, 0.2) is 11.2 Å². The van der Waals surface area contributed by atoms with Crippen LogP contribution in [0.5, 0.6) is 5.75 Å². The fourth-order valence-electron chi connectivity index (χ4n) is 3.25. The highest BCUT2D eigenvalue weighted by atomic mass is 35.5. The maximum atomic E-state index is 12.9. The van der Waals surface area contributed by atoms with E-state index in [2.05, 4.69) is 6.92 Å². The molecule has 0 saturated carbocycles. The van der Waals surface area contributed by atoms with Crippen LogP contribution < -0.4 is 4.74 Å². The van der Waals surface area contributed by atoms with Crippen LogP contribution in [-0.4, -0.2) is 18.5 Å². The molecule has 0 N–H and O–H groups in total. The maximum Gasteiger partial charge on any atom is 0.328 e. The number of esters is 2. The summed E-state index contributed by atoms with van der Waals surface area (Å²) in [5, 5.41) is 0.522. The highest BCUT2D eigenvalue weighted by molar-refractivity contribution is 6.44. The number of unbranched alkanes of at least 4 members (excludes halogenated alkanes) is 7. The van der Waals surface area contributed by atoms with Crippen LogP contribution in [0.25, 0.3) is 0 Å². The highest BCUT2D eigenvalue weighted by Crippen LogP contribution is 2.38. The van der Waals surface area contributed by atoms with Gasteiger partial charge in [-0.25, -0.2) is 0 Å². The molecule has 0 aliphatic carbocycles. The van der Waals surface area contributed by atoms with Gasteiger partial charge in [-0.05, 0) is 25.3 Å². The molecule has 0 unspecified atom stereocenters. The van der Waals surface area contributed by atoms with Crippen molar-refractivity contribution in [3.05, 3.63) is 27.2 Å². The number of carbonyl (C=O) groups excluding carboxylic acids is 2. The Morgan fingerprint density at radius 1 is 0.833 bits per heavy atom. The molecule has 0 saturated heterocycles. The molecule has 0 aromatic heterocycles. The molecule has 0 radical (unpaired) electrons. The lowest BCUT2D eigenvalue weighted by molar-refractivity contribution is -0.168. The van der Waals surface area contributed by atoms with Crippen LogP contribution in [0.15, 0.2) is 12.1 Å². The molecule has 0 spiro atoms. The fraction of sp³-hybridized carbons (Fsp3) is 0.652. The number of ether oxygens (including phenoxy) is 2. The summed E-state index contributed by atoms with van der Waals surface area (Å²) in [7, 11) is 0. The molecular weight excluding hydrogens is 447 g/mol. The Hall–Kier alpha value is -0.970. The second-order valence-corrected chi connectivity index (χ2v) is 8.71. The molecule has 0 amide bonds. The van der Waals surface area contributed by atoms with Crippen LogP contribution in [0.2, 0.25) is 15.1 Å². The Morgan fingerprint density at radius 3 is 1.97 bits per heavy atom. The van der Waals surface area contributed by atoms with Crippen LogP contribution in [-0.2, 0) is 14.3 Å². The molecule has 0 aliphatic rings. The van der Waals surface area contributed by atoms with Gasteiger partial charge >= 0.3 is 11.9 Å². The Kier molecular flexibility index (Phi) is 12.8. The third-order valence-corrected chi connectivity index (χ3v) is 6.38. The third-order valence-electron chi connectivity index (χ3n) is 5.38. The lowest BCUT2D eigenvalue weighted by Crippen LogP contribution is -2.42. The number of halogens is 3. The van der Waals surface area contributed by atoms with Crippen LogP contribution in [0.1, 0.15) is 85.0 Å². The predicted molar refractivity (Wildman–Crippen MR) is 124 cm³/mol. The van der Waals surface area contributed by atoms with E-state index in [-0.39, 0.29) is 33.7 Å². The molecule has 0 heterocycles. The van der Waals surface area contributed by atoms with Crippen molar-refractivity contribution in [1.29, 1.82) is 0 Å². The van der Waals surface area contributed by atoms with Crippen LogP contribution >= 0.6 is 34.8 Å². The van der Waals surface area contributed by atoms with Crippen LogP contribution in [0.4, 0.5) is 0 Å². The second kappa shape index (κ2) is 14.2. The van der Waals surface area contributed by atoms with E-state index in [9.17, 15) is 9.59 Å². The molecule has 30 heavy (non-hydrogen) atoms. The topological polar surface area (TPSA) is 52.6 Å². The fourth-order valence-corrected chi connectivity index (χ4v) is 3.88. The summed E-state index contributed by atoms with van der Waals surface area (Å²) in [6.07, 6.45) is 9.70. The standard InChI is InChI=1S/C23H33Cl3O4/c1-4-7-8-9-10-11-12-13-14-29-21(27)23(5-2,6-3)22(28)30-19-16-17(24)15-18(25)20(19)26/h15-16H,4-14H2,1-3H3. The molecule has 7 heteroatoms. The molecule has 1 aromatic carbocycles. The monoisotopic (exact) mass is 478 g/mol. The summed E-state index contributed by atoms with van der Waals surface area (Å²) >= 11 is 18.1. The summed E-state index contributed by atoms with van der Waals surface area (Å²) < 4.78 is 10.9. The van der Waals surface area contributed by atoms with E-state index in [1.807, 2.05) is 0 Å². The van der Waals surface area contributed by atoms with Crippen molar-refractivity contribution >= 4 is 46.7 Å². The van der Waals surface area contributed by atoms with Crippen molar-refractivity contribution < 1.29 is 19.1 Å². The largest absolute Gasteiger partial charge is 0.465 e. The van der Waals surface area contributed by atoms with Gasteiger partial charge in [0.2, 0.25) is 0 Å². The van der Waals surface area contributed by atoms with Gasteiger partial charge in [-0.2, -0.15) is 0 Å². The zero-order valence-electron chi connectivity index (χ0n) is 18.2. The lowest BCUT2D eigenvalue weighted by Gasteiger charge is -2.27. The molecule has 0 aliphatic heterocycles. The van der Waals surface area contributed by atoms with Crippen molar-refractivity contribution in [2.45, 2.75) is 85.0 Å². The average molecular weight is 480 g/mol. The Morgan fingerprint density at radius 2 is 1.40 bits per heavy atom. The molecule has 0 bridgehead atoms. The second-order valence-electron chi connectivity index (χ2n) is 7.49. The maximum absolute atomic E-state index is 12.9. The zero-order valence-corrected chi connectivity index (χ0v) is 20.5. The van der Waals surface area contributed by atoms with Crippen molar-refractivity contribution in [2.75, 3.05) is 6.61 Å². The minimum atomic E-state index is -1.39. The SMILES string of the molecule is CCCCCCCCCCOC(=O)C(CC)(CC)C(=O)Oc1cc(Cl)cc(Cl)c1Cl. The van der Waals surface area contributed by atoms with Gasteiger partial charge in [-0.1, -0.05) is 101 Å². The van der Waals surface area contributed by atoms with Gasteiger partial charge in [-0.3, -0.25) is 9.59 Å². The van der Waals surface area contributed by atoms with Gasteiger partial charge in [0.1, 0.15) is 5.02 Å². The van der Waals surface area contributed by atoms with Crippen molar-refractivity contribution in [3.63, 3.8) is 0 Å². The first-order valence-electron chi connectivity index (χ1n) is 10.9. The van der Waals surface area contributed by atoms with E-state index < -0.39 is 17.4 Å². The number of benzene rings is 1. The molecular formula is C23H33Cl3O4. The van der Waals surface area contributed by atoms with Crippen molar-refractivity contribution in [2.24, 2.45) is 5.41 Å². The number of hydrogen-bond donors (Lipinski definition) is 0. The zero-order chi connectivity index (χ0) is 22.6. The van der Waals surface area contributed by atoms with Crippen molar-refractivity contribution in [3.8, 4) is 5.75 Å². The minimum Gasteiger partial charge on any atom is -0.465 e. The molecule has 0 fully saturated rings. The van der Waals surface area contributed by atoms with Crippen LogP contribution in [0, 0.1) is 5.41 Å². The van der Waals surface area contributed by atoms with E-state index in [0.29, 0.717) is 6.61 Å². The molecule has 0 atom stereocenters. The lowest BCUT2D eigenvalue weighted by atomic mass is 9.82. The van der Waals surface area contributed by atoms with Gasteiger partial charge in [-0.15, -0.1) is 0 Å². The first-order valence-corrected chi connectivity index (χ1v) is 12.0. The normalized spacial score (nSPS) is 11.4. The van der Waals surface area contributed by atoms with Gasteiger partial charge in [0.05, 0.1) is 11.6 Å². The van der Waals surface area contributed by atoms with Gasteiger partial charge < -0.3 is 9.47 Å². The Balaban J connectivity index is 2.61. The van der Waals surface area contributed by atoms with Gasteiger partial charge in [0, 0.05) is 11.1 Å². The number of carbonyl (C=O) groups is 2. The Labute approximate surface area is 195 Å². The van der Waals surface area contributed by atoms with E-state index in [1.165, 1.54) is 44.2 Å². The van der Waals surface area contributed by atoms with E-state index in [1.54, 1.807) is 13.8 Å². The summed E-state index contributed by atoms with van der Waals surface area (Å²) in [4.78, 5) is 25.7. The predicted octanol–water partition coefficient (Wildman–Crippen LogP) is 8.04. The smallest absolute Gasteiger partial charge is 0.328 e. The number of hydrogen-bond acceptors (Lipinski definition) is 4. The molecule has 4 nitrogen and oxygen atoms in total. The molecule has 1 aromatic rings. The average Bonchev–Trinajstić information content (AvgIpc) is 2.71.